The summed E-state index contributed by atoms with van der Waals surface area (Å²) in [5, 5.41) is 18.9. The monoisotopic (exact) mass is 294 g/mol. The number of rotatable bonds is 1. The second-order valence-corrected chi connectivity index (χ2v) is 7.56. The van der Waals surface area contributed by atoms with E-state index in [4.69, 9.17) is 0 Å². The summed E-state index contributed by atoms with van der Waals surface area (Å²) >= 11 is 0. The topological polar surface area (TPSA) is 64.7 Å². The van der Waals surface area contributed by atoms with Gasteiger partial charge >= 0.3 is 0 Å². The highest BCUT2D eigenvalue weighted by Gasteiger charge is 2.53. The first-order chi connectivity index (χ1) is 10.4. The Hall–Kier alpha value is -1.87. The quantitative estimate of drug-likeness (QED) is 0.735. The van der Waals surface area contributed by atoms with Crippen LogP contribution in [-0.2, 0) is 4.79 Å². The molecule has 0 unspecified atom stereocenters. The summed E-state index contributed by atoms with van der Waals surface area (Å²) in [6.45, 7) is 4.28. The number of hydrogen-bond acceptors (Lipinski definition) is 3. The molecule has 0 amide bonds. The summed E-state index contributed by atoms with van der Waals surface area (Å²) in [4.78, 5) is 11.7. The van der Waals surface area contributed by atoms with Crippen LogP contribution in [-0.4, -0.2) is 5.78 Å². The second-order valence-electron chi connectivity index (χ2n) is 7.56. The van der Waals surface area contributed by atoms with Crippen LogP contribution in [0, 0.1) is 51.2 Å². The molecule has 3 heteroatoms. The molecule has 3 nitrogen and oxygen atoms in total. The SMILES string of the molecule is C[C@]1(C#N)CC[C@H]2[C@@H](C=CC3=CC(=O)CC[C@@]32C)[C@@H]1CC#N. The lowest BCUT2D eigenvalue weighted by atomic mass is 9.48. The van der Waals surface area contributed by atoms with Crippen molar-refractivity contribution in [3.8, 4) is 12.1 Å². The molecular formula is C19H22N2O. The van der Waals surface area contributed by atoms with Crippen molar-refractivity contribution in [3.63, 3.8) is 0 Å². The number of allylic oxidation sites excluding steroid dienone is 4. The summed E-state index contributed by atoms with van der Waals surface area (Å²) in [5.41, 5.74) is 0.766. The van der Waals surface area contributed by atoms with Crippen molar-refractivity contribution in [2.24, 2.45) is 28.6 Å². The summed E-state index contributed by atoms with van der Waals surface area (Å²) < 4.78 is 0. The lowest BCUT2D eigenvalue weighted by molar-refractivity contribution is -0.116. The molecule has 3 rings (SSSR count). The molecule has 0 bridgehead atoms. The number of nitriles is 2. The van der Waals surface area contributed by atoms with Crippen LogP contribution in [0.4, 0.5) is 0 Å². The van der Waals surface area contributed by atoms with Gasteiger partial charge in [0.05, 0.1) is 17.6 Å². The Morgan fingerprint density at radius 3 is 2.77 bits per heavy atom. The van der Waals surface area contributed by atoms with Crippen LogP contribution in [0.3, 0.4) is 0 Å². The molecule has 0 aliphatic heterocycles. The van der Waals surface area contributed by atoms with Crippen LogP contribution in [0.25, 0.3) is 0 Å². The molecule has 0 aromatic heterocycles. The van der Waals surface area contributed by atoms with Crippen LogP contribution in [0.15, 0.2) is 23.8 Å². The van der Waals surface area contributed by atoms with Gasteiger partial charge in [-0.1, -0.05) is 19.1 Å². The van der Waals surface area contributed by atoms with Crippen molar-refractivity contribution in [2.75, 3.05) is 0 Å². The summed E-state index contributed by atoms with van der Waals surface area (Å²) in [6, 6.07) is 4.78. The zero-order valence-electron chi connectivity index (χ0n) is 13.3. The Bertz CT molecular complexity index is 647. The van der Waals surface area contributed by atoms with Gasteiger partial charge in [-0.15, -0.1) is 0 Å². The maximum Gasteiger partial charge on any atom is 0.156 e. The average Bonchev–Trinajstić information content (AvgIpc) is 2.51. The highest BCUT2D eigenvalue weighted by molar-refractivity contribution is 5.92. The molecule has 0 aromatic rings. The Kier molecular flexibility index (Phi) is 3.48. The van der Waals surface area contributed by atoms with Gasteiger partial charge in [0.15, 0.2) is 5.78 Å². The summed E-state index contributed by atoms with van der Waals surface area (Å²) in [6.07, 6.45) is 9.88. The molecular weight excluding hydrogens is 272 g/mol. The van der Waals surface area contributed by atoms with Gasteiger partial charge in [-0.05, 0) is 61.0 Å². The minimum atomic E-state index is -0.413. The number of carbonyl (C=O) groups is 1. The number of carbonyl (C=O) groups excluding carboxylic acids is 1. The van der Waals surface area contributed by atoms with Gasteiger partial charge in [0, 0.05) is 12.8 Å². The van der Waals surface area contributed by atoms with Crippen molar-refractivity contribution < 1.29 is 4.79 Å². The van der Waals surface area contributed by atoms with E-state index >= 15 is 0 Å². The van der Waals surface area contributed by atoms with Crippen molar-refractivity contribution in [1.82, 2.24) is 0 Å². The lowest BCUT2D eigenvalue weighted by Crippen LogP contribution is -2.48. The van der Waals surface area contributed by atoms with E-state index < -0.39 is 5.41 Å². The van der Waals surface area contributed by atoms with Crippen LogP contribution < -0.4 is 0 Å². The molecule has 0 saturated heterocycles. The van der Waals surface area contributed by atoms with E-state index in [1.807, 2.05) is 13.0 Å². The van der Waals surface area contributed by atoms with Crippen LogP contribution in [0.2, 0.25) is 0 Å². The highest BCUT2D eigenvalue weighted by Crippen LogP contribution is 2.59. The first-order valence-electron chi connectivity index (χ1n) is 8.16. The molecule has 0 aromatic carbocycles. The largest absolute Gasteiger partial charge is 0.295 e. The van der Waals surface area contributed by atoms with Crippen molar-refractivity contribution >= 4 is 5.78 Å². The van der Waals surface area contributed by atoms with E-state index in [0.717, 1.165) is 24.8 Å². The van der Waals surface area contributed by atoms with Gasteiger partial charge in [-0.25, -0.2) is 0 Å². The highest BCUT2D eigenvalue weighted by atomic mass is 16.1. The predicted octanol–water partition coefficient (Wildman–Crippen LogP) is 3.94. The minimum absolute atomic E-state index is 0.0256. The van der Waals surface area contributed by atoms with E-state index in [9.17, 15) is 15.3 Å². The van der Waals surface area contributed by atoms with E-state index in [2.05, 4.69) is 31.2 Å². The molecule has 0 heterocycles. The third-order valence-corrected chi connectivity index (χ3v) is 6.47. The first kappa shape index (κ1) is 15.0. The van der Waals surface area contributed by atoms with Crippen LogP contribution in [0.5, 0.6) is 0 Å². The number of fused-ring (bicyclic) bond motifs is 3. The third-order valence-electron chi connectivity index (χ3n) is 6.47. The van der Waals surface area contributed by atoms with E-state index in [1.165, 1.54) is 0 Å². The average molecular weight is 294 g/mol. The number of nitrogens with zero attached hydrogens (tertiary/aromatic N) is 2. The van der Waals surface area contributed by atoms with Gasteiger partial charge in [0.1, 0.15) is 0 Å². The zero-order chi connectivity index (χ0) is 16.0. The van der Waals surface area contributed by atoms with Gasteiger partial charge < -0.3 is 0 Å². The molecule has 0 radical (unpaired) electrons. The molecule has 0 spiro atoms. The van der Waals surface area contributed by atoms with Crippen molar-refractivity contribution in [3.05, 3.63) is 23.8 Å². The van der Waals surface area contributed by atoms with Crippen LogP contribution >= 0.6 is 0 Å². The fourth-order valence-corrected chi connectivity index (χ4v) is 4.94. The Labute approximate surface area is 132 Å². The maximum atomic E-state index is 11.7. The molecule has 1 fully saturated rings. The van der Waals surface area contributed by atoms with E-state index in [1.54, 1.807) is 0 Å². The smallest absolute Gasteiger partial charge is 0.156 e. The summed E-state index contributed by atoms with van der Waals surface area (Å²) in [5.74, 6) is 1.03. The molecule has 22 heavy (non-hydrogen) atoms. The Morgan fingerprint density at radius 1 is 1.32 bits per heavy atom. The van der Waals surface area contributed by atoms with Gasteiger partial charge in [-0.2, -0.15) is 10.5 Å². The van der Waals surface area contributed by atoms with E-state index in [-0.39, 0.29) is 23.0 Å². The minimum Gasteiger partial charge on any atom is -0.295 e. The lowest BCUT2D eigenvalue weighted by Gasteiger charge is -2.54. The van der Waals surface area contributed by atoms with Gasteiger partial charge in [0.25, 0.3) is 0 Å². The predicted molar refractivity (Wildman–Crippen MR) is 83.2 cm³/mol. The standard InChI is InChI=1S/C19H22N2O/c1-18(12-21)8-6-17-15(16(18)7-10-20)4-3-13-11-14(22)5-9-19(13,17)2/h3-4,11,15-17H,5-9H2,1-2H3/t15-,16-,17-,18+,19-/m0/s1. The van der Waals surface area contributed by atoms with Crippen molar-refractivity contribution in [2.45, 2.75) is 46.0 Å². The fourth-order valence-electron chi connectivity index (χ4n) is 4.94. The third kappa shape index (κ3) is 2.03. The second kappa shape index (κ2) is 5.10. The molecule has 3 aliphatic rings. The molecule has 1 saturated carbocycles. The molecule has 0 N–H and O–H groups in total. The number of hydrogen-bond donors (Lipinski definition) is 0. The summed E-state index contributed by atoms with van der Waals surface area (Å²) in [7, 11) is 0. The molecule has 114 valence electrons. The molecule has 3 aliphatic carbocycles. The molecule has 5 atom stereocenters. The zero-order valence-corrected chi connectivity index (χ0v) is 13.3. The number of ketones is 1. The van der Waals surface area contributed by atoms with Gasteiger partial charge in [-0.3, -0.25) is 4.79 Å². The van der Waals surface area contributed by atoms with Crippen molar-refractivity contribution in [1.29, 1.82) is 10.5 Å². The maximum absolute atomic E-state index is 11.7. The normalized spacial score (nSPS) is 43.4. The first-order valence-corrected chi connectivity index (χ1v) is 8.16. The van der Waals surface area contributed by atoms with E-state index in [0.29, 0.717) is 18.8 Å². The Balaban J connectivity index is 2.04. The Morgan fingerprint density at radius 2 is 2.09 bits per heavy atom. The van der Waals surface area contributed by atoms with Crippen LogP contribution in [0.1, 0.15) is 46.0 Å². The van der Waals surface area contributed by atoms with Gasteiger partial charge in [0.2, 0.25) is 0 Å². The fraction of sp³-hybridized carbons (Fsp3) is 0.632.